The zero-order valence-corrected chi connectivity index (χ0v) is 13.0. The predicted octanol–water partition coefficient (Wildman–Crippen LogP) is 1.34. The minimum Gasteiger partial charge on any atom is -0.390 e. The molecule has 8 heteroatoms. The van der Waals surface area contributed by atoms with Gasteiger partial charge in [-0.2, -0.15) is 5.26 Å². The fraction of sp³-hybridized carbons (Fsp3) is 0.133. The van der Waals surface area contributed by atoms with Gasteiger partial charge < -0.3 is 4.84 Å². The molecule has 3 aromatic rings. The second-order valence-electron chi connectivity index (χ2n) is 4.97. The van der Waals surface area contributed by atoms with Crippen LogP contribution in [0.1, 0.15) is 11.1 Å². The van der Waals surface area contributed by atoms with E-state index >= 15 is 0 Å². The van der Waals surface area contributed by atoms with Crippen LogP contribution >= 0.6 is 0 Å². The molecule has 3 rings (SSSR count). The quantitative estimate of drug-likeness (QED) is 0.717. The summed E-state index contributed by atoms with van der Waals surface area (Å²) >= 11 is 0. The van der Waals surface area contributed by atoms with Gasteiger partial charge in [-0.15, -0.1) is 5.10 Å². The van der Waals surface area contributed by atoms with Crippen molar-refractivity contribution in [2.24, 2.45) is 0 Å². The molecule has 0 unspecified atom stereocenters. The third kappa shape index (κ3) is 3.14. The number of benzene rings is 2. The molecular weight excluding hydrogens is 316 g/mol. The van der Waals surface area contributed by atoms with Crippen LogP contribution in [0.4, 0.5) is 0 Å². The average molecular weight is 328 g/mol. The first-order valence-electron chi connectivity index (χ1n) is 6.65. The van der Waals surface area contributed by atoms with Gasteiger partial charge in [0.1, 0.15) is 17.6 Å². The van der Waals surface area contributed by atoms with Crippen molar-refractivity contribution in [2.45, 2.75) is 11.5 Å². The highest BCUT2D eigenvalue weighted by Crippen LogP contribution is 2.17. The lowest BCUT2D eigenvalue weighted by molar-refractivity contribution is 0.0751. The highest BCUT2D eigenvalue weighted by Gasteiger charge is 2.12. The summed E-state index contributed by atoms with van der Waals surface area (Å²) in [5, 5.41) is 16.6. The zero-order valence-electron chi connectivity index (χ0n) is 12.2. The van der Waals surface area contributed by atoms with Gasteiger partial charge in [-0.1, -0.05) is 17.0 Å². The third-order valence-electron chi connectivity index (χ3n) is 3.25. The maximum absolute atomic E-state index is 11.6. The normalized spacial score (nSPS) is 11.3. The van der Waals surface area contributed by atoms with Crippen LogP contribution in [0, 0.1) is 11.3 Å². The molecule has 0 amide bonds. The number of fused-ring (bicyclic) bond motifs is 1. The van der Waals surface area contributed by atoms with Gasteiger partial charge in [-0.05, 0) is 41.1 Å². The first-order chi connectivity index (χ1) is 11.0. The SMILES string of the molecule is CS(=O)(=O)c1ccc2nnn(OCc3ccc(C#N)cc3)c2c1. The molecule has 0 aliphatic carbocycles. The van der Waals surface area contributed by atoms with Crippen LogP contribution in [0.3, 0.4) is 0 Å². The highest BCUT2D eigenvalue weighted by molar-refractivity contribution is 7.90. The summed E-state index contributed by atoms with van der Waals surface area (Å²) in [4.78, 5) is 6.92. The van der Waals surface area contributed by atoms with E-state index in [4.69, 9.17) is 10.1 Å². The van der Waals surface area contributed by atoms with Gasteiger partial charge in [0.05, 0.1) is 16.5 Å². The summed E-state index contributed by atoms with van der Waals surface area (Å²) in [6, 6.07) is 13.5. The molecule has 0 saturated heterocycles. The Kier molecular flexibility index (Phi) is 3.72. The largest absolute Gasteiger partial charge is 0.390 e. The summed E-state index contributed by atoms with van der Waals surface area (Å²) in [5.74, 6) is 0. The summed E-state index contributed by atoms with van der Waals surface area (Å²) in [7, 11) is -3.32. The Morgan fingerprint density at radius 1 is 1.22 bits per heavy atom. The molecule has 0 aliphatic heterocycles. The Labute approximate surface area is 132 Å². The zero-order chi connectivity index (χ0) is 16.4. The highest BCUT2D eigenvalue weighted by atomic mass is 32.2. The molecule has 0 bridgehead atoms. The fourth-order valence-electron chi connectivity index (χ4n) is 2.02. The van der Waals surface area contributed by atoms with Crippen LogP contribution < -0.4 is 4.84 Å². The van der Waals surface area contributed by atoms with Crippen LogP contribution in [0.2, 0.25) is 0 Å². The number of nitriles is 1. The van der Waals surface area contributed by atoms with Crippen molar-refractivity contribution in [3.63, 3.8) is 0 Å². The molecule has 0 saturated carbocycles. The van der Waals surface area contributed by atoms with Gasteiger partial charge >= 0.3 is 0 Å². The minimum absolute atomic E-state index is 0.176. The Morgan fingerprint density at radius 3 is 2.61 bits per heavy atom. The molecule has 7 nitrogen and oxygen atoms in total. The van der Waals surface area contributed by atoms with Crippen LogP contribution in [0.15, 0.2) is 47.4 Å². The summed E-state index contributed by atoms with van der Waals surface area (Å²) in [6.07, 6.45) is 1.14. The van der Waals surface area contributed by atoms with E-state index < -0.39 is 9.84 Å². The summed E-state index contributed by atoms with van der Waals surface area (Å²) in [6.45, 7) is 0.216. The maximum Gasteiger partial charge on any atom is 0.175 e. The van der Waals surface area contributed by atoms with Crippen molar-refractivity contribution < 1.29 is 13.3 Å². The lowest BCUT2D eigenvalue weighted by Gasteiger charge is -2.06. The molecule has 0 aliphatic rings. The first-order valence-corrected chi connectivity index (χ1v) is 8.54. The Bertz CT molecular complexity index is 1000. The van der Waals surface area contributed by atoms with Crippen molar-refractivity contribution in [2.75, 3.05) is 6.26 Å². The Morgan fingerprint density at radius 2 is 1.96 bits per heavy atom. The average Bonchev–Trinajstić information content (AvgIpc) is 2.95. The van der Waals surface area contributed by atoms with Crippen molar-refractivity contribution in [3.8, 4) is 6.07 Å². The number of rotatable bonds is 4. The molecule has 0 atom stereocenters. The smallest absolute Gasteiger partial charge is 0.175 e. The van der Waals surface area contributed by atoms with Gasteiger partial charge in [0.25, 0.3) is 0 Å². The summed E-state index contributed by atoms with van der Waals surface area (Å²) < 4.78 is 23.3. The number of nitrogens with zero attached hydrogens (tertiary/aromatic N) is 4. The Hall–Kier alpha value is -2.92. The van der Waals surface area contributed by atoms with E-state index in [-0.39, 0.29) is 11.5 Å². The predicted molar refractivity (Wildman–Crippen MR) is 82.1 cm³/mol. The minimum atomic E-state index is -3.32. The molecule has 1 aromatic heterocycles. The van der Waals surface area contributed by atoms with Crippen LogP contribution in [-0.2, 0) is 16.4 Å². The molecule has 23 heavy (non-hydrogen) atoms. The fourth-order valence-corrected chi connectivity index (χ4v) is 2.66. The third-order valence-corrected chi connectivity index (χ3v) is 4.36. The number of sulfone groups is 1. The van der Waals surface area contributed by atoms with E-state index in [1.165, 1.54) is 17.0 Å². The lowest BCUT2D eigenvalue weighted by Crippen LogP contribution is -2.13. The van der Waals surface area contributed by atoms with Gasteiger partial charge in [-0.3, -0.25) is 0 Å². The van der Waals surface area contributed by atoms with Gasteiger partial charge in [-0.25, -0.2) is 8.42 Å². The monoisotopic (exact) mass is 328 g/mol. The van der Waals surface area contributed by atoms with Crippen molar-refractivity contribution in [1.29, 1.82) is 5.26 Å². The number of aromatic nitrogens is 3. The van der Waals surface area contributed by atoms with Crippen molar-refractivity contribution in [3.05, 3.63) is 53.6 Å². The first kappa shape index (κ1) is 15.0. The second kappa shape index (κ2) is 5.70. The van der Waals surface area contributed by atoms with Crippen LogP contribution in [0.5, 0.6) is 0 Å². The lowest BCUT2D eigenvalue weighted by atomic mass is 10.2. The van der Waals surface area contributed by atoms with Gasteiger partial charge in [0, 0.05) is 6.26 Å². The molecule has 2 aromatic carbocycles. The van der Waals surface area contributed by atoms with Crippen molar-refractivity contribution >= 4 is 20.9 Å². The molecule has 116 valence electrons. The van der Waals surface area contributed by atoms with E-state index in [0.29, 0.717) is 16.6 Å². The standard InChI is InChI=1S/C15H12N4O3S/c1-23(20,21)13-6-7-14-15(8-13)19(18-17-14)22-10-12-4-2-11(9-16)3-5-12/h2-8H,10H2,1H3. The Balaban J connectivity index is 1.86. The molecular formula is C15H12N4O3S. The topological polar surface area (TPSA) is 97.9 Å². The molecule has 1 heterocycles. The number of hydrogen-bond acceptors (Lipinski definition) is 6. The van der Waals surface area contributed by atoms with E-state index in [9.17, 15) is 8.42 Å². The molecule has 0 fully saturated rings. The van der Waals surface area contributed by atoms with E-state index in [2.05, 4.69) is 10.3 Å². The van der Waals surface area contributed by atoms with E-state index in [0.717, 1.165) is 11.8 Å². The van der Waals surface area contributed by atoms with Crippen LogP contribution in [-0.4, -0.2) is 29.8 Å². The van der Waals surface area contributed by atoms with Crippen LogP contribution in [0.25, 0.3) is 11.0 Å². The van der Waals surface area contributed by atoms with E-state index in [1.54, 1.807) is 30.3 Å². The summed E-state index contributed by atoms with van der Waals surface area (Å²) in [5.41, 5.74) is 2.43. The molecule has 0 radical (unpaired) electrons. The van der Waals surface area contributed by atoms with E-state index in [1.807, 2.05) is 6.07 Å². The second-order valence-corrected chi connectivity index (χ2v) is 6.98. The molecule has 0 N–H and O–H groups in total. The molecule has 0 spiro atoms. The van der Waals surface area contributed by atoms with Gasteiger partial charge in [0.2, 0.25) is 0 Å². The van der Waals surface area contributed by atoms with Gasteiger partial charge in [0.15, 0.2) is 9.84 Å². The number of hydrogen-bond donors (Lipinski definition) is 0. The maximum atomic E-state index is 11.6. The van der Waals surface area contributed by atoms with Crippen molar-refractivity contribution in [1.82, 2.24) is 15.2 Å².